The molecule has 0 aliphatic heterocycles. The number of carboxylic acids is 1. The predicted octanol–water partition coefficient (Wildman–Crippen LogP) is 3.16. The molecule has 0 amide bonds. The molecule has 1 aromatic rings. The zero-order valence-corrected chi connectivity index (χ0v) is 9.58. The molecular weight excluding hydrogens is 254 g/mol. The van der Waals surface area contributed by atoms with Crippen molar-refractivity contribution in [3.8, 4) is 5.75 Å². The van der Waals surface area contributed by atoms with Crippen molar-refractivity contribution in [2.45, 2.75) is 19.5 Å². The highest BCUT2D eigenvalue weighted by atomic mass is 35.5. The second-order valence-corrected chi connectivity index (χ2v) is 3.67. The van der Waals surface area contributed by atoms with Crippen molar-refractivity contribution in [1.29, 1.82) is 0 Å². The van der Waals surface area contributed by atoms with E-state index in [0.29, 0.717) is 24.3 Å². The lowest BCUT2D eigenvalue weighted by Gasteiger charge is -2.09. The van der Waals surface area contributed by atoms with Gasteiger partial charge in [0, 0.05) is 5.88 Å². The van der Waals surface area contributed by atoms with Crippen LogP contribution < -0.4 is 4.74 Å². The summed E-state index contributed by atoms with van der Waals surface area (Å²) >= 11 is 5.51. The fraction of sp³-hybridized carbons (Fsp3) is 0.364. The Kier molecular flexibility index (Phi) is 5.15. The molecule has 0 bridgehead atoms. The minimum Gasteiger partial charge on any atom is -0.478 e. The predicted molar refractivity (Wildman–Crippen MR) is 59.1 cm³/mol. The molecule has 3 nitrogen and oxygen atoms in total. The molecule has 0 aliphatic rings. The number of ether oxygens (including phenoxy) is 1. The van der Waals surface area contributed by atoms with Crippen molar-refractivity contribution in [3.63, 3.8) is 0 Å². The lowest BCUT2D eigenvalue weighted by Crippen LogP contribution is -2.06. The maximum atomic E-state index is 12.0. The van der Waals surface area contributed by atoms with E-state index < -0.39 is 12.6 Å². The van der Waals surface area contributed by atoms with Crippen LogP contribution in [0.25, 0.3) is 0 Å². The van der Waals surface area contributed by atoms with E-state index in [1.54, 1.807) is 0 Å². The molecule has 1 rings (SSSR count). The zero-order valence-electron chi connectivity index (χ0n) is 8.83. The van der Waals surface area contributed by atoms with Gasteiger partial charge in [-0.25, -0.2) is 4.79 Å². The number of carboxylic acid groups (broad SMARTS) is 1. The summed E-state index contributed by atoms with van der Waals surface area (Å²) in [5.41, 5.74) is 0.521. The Morgan fingerprint density at radius 3 is 2.71 bits per heavy atom. The normalized spacial score (nSPS) is 10.6. The van der Waals surface area contributed by atoms with E-state index >= 15 is 0 Å². The molecule has 1 aromatic carbocycles. The summed E-state index contributed by atoms with van der Waals surface area (Å²) in [6.45, 7) is -2.97. The lowest BCUT2D eigenvalue weighted by molar-refractivity contribution is -0.0499. The Bertz CT molecular complexity index is 396. The number of halogens is 3. The van der Waals surface area contributed by atoms with Crippen LogP contribution in [0, 0.1) is 0 Å². The molecule has 0 aliphatic carbocycles. The van der Waals surface area contributed by atoms with Crippen molar-refractivity contribution < 1.29 is 23.4 Å². The van der Waals surface area contributed by atoms with Crippen LogP contribution in [-0.4, -0.2) is 23.6 Å². The summed E-state index contributed by atoms with van der Waals surface area (Å²) in [6, 6.07) is 3.88. The minimum atomic E-state index is -2.97. The highest BCUT2D eigenvalue weighted by Gasteiger charge is 2.13. The van der Waals surface area contributed by atoms with Crippen LogP contribution in [0.2, 0.25) is 0 Å². The lowest BCUT2D eigenvalue weighted by atomic mass is 10.0. The van der Waals surface area contributed by atoms with Gasteiger partial charge in [-0.05, 0) is 30.5 Å². The van der Waals surface area contributed by atoms with Gasteiger partial charge in [0.2, 0.25) is 0 Å². The first-order valence-electron chi connectivity index (χ1n) is 4.91. The number of carbonyl (C=O) groups is 1. The first-order chi connectivity index (χ1) is 8.04. The van der Waals surface area contributed by atoms with Crippen LogP contribution in [0.15, 0.2) is 18.2 Å². The molecule has 0 saturated carbocycles. The zero-order chi connectivity index (χ0) is 12.8. The molecule has 0 radical (unpaired) electrons. The van der Waals surface area contributed by atoms with Gasteiger partial charge in [0.05, 0.1) is 5.56 Å². The monoisotopic (exact) mass is 264 g/mol. The van der Waals surface area contributed by atoms with Crippen molar-refractivity contribution in [3.05, 3.63) is 29.3 Å². The second-order valence-electron chi connectivity index (χ2n) is 3.30. The summed E-state index contributed by atoms with van der Waals surface area (Å²) in [6.07, 6.45) is 1.11. The van der Waals surface area contributed by atoms with Gasteiger partial charge in [0.1, 0.15) is 5.75 Å². The van der Waals surface area contributed by atoms with Crippen LogP contribution in [-0.2, 0) is 6.42 Å². The average molecular weight is 265 g/mol. The smallest absolute Gasteiger partial charge is 0.387 e. The molecule has 17 heavy (non-hydrogen) atoms. The van der Waals surface area contributed by atoms with Gasteiger partial charge in [-0.15, -0.1) is 11.6 Å². The molecule has 0 fully saturated rings. The fourth-order valence-corrected chi connectivity index (χ4v) is 1.54. The van der Waals surface area contributed by atoms with Crippen molar-refractivity contribution >= 4 is 17.6 Å². The van der Waals surface area contributed by atoms with Gasteiger partial charge in [0.25, 0.3) is 0 Å². The quantitative estimate of drug-likeness (QED) is 0.803. The standard InChI is InChI=1S/C11H11ClF2O3/c12-5-1-2-7-3-4-8(17-11(13)14)6-9(7)10(15)16/h3-4,6,11H,1-2,5H2,(H,15,16). The van der Waals surface area contributed by atoms with Crippen molar-refractivity contribution in [1.82, 2.24) is 0 Å². The van der Waals surface area contributed by atoms with E-state index in [0.717, 1.165) is 6.07 Å². The molecular formula is C11H11ClF2O3. The molecule has 0 saturated heterocycles. The third-order valence-corrected chi connectivity index (χ3v) is 2.38. The number of aromatic carboxylic acids is 1. The first kappa shape index (κ1) is 13.7. The highest BCUT2D eigenvalue weighted by molar-refractivity contribution is 6.17. The summed E-state index contributed by atoms with van der Waals surface area (Å²) in [4.78, 5) is 10.9. The Morgan fingerprint density at radius 1 is 1.47 bits per heavy atom. The van der Waals surface area contributed by atoms with Crippen LogP contribution in [0.3, 0.4) is 0 Å². The van der Waals surface area contributed by atoms with Gasteiger partial charge in [0.15, 0.2) is 0 Å². The third-order valence-electron chi connectivity index (χ3n) is 2.12. The summed E-state index contributed by atoms with van der Waals surface area (Å²) < 4.78 is 28.1. The maximum Gasteiger partial charge on any atom is 0.387 e. The second kappa shape index (κ2) is 6.39. The Hall–Kier alpha value is -1.36. The van der Waals surface area contributed by atoms with E-state index in [9.17, 15) is 13.6 Å². The Labute approximate surface area is 102 Å². The van der Waals surface area contributed by atoms with Gasteiger partial charge >= 0.3 is 12.6 Å². The largest absolute Gasteiger partial charge is 0.478 e. The van der Waals surface area contributed by atoms with Gasteiger partial charge in [-0.1, -0.05) is 6.07 Å². The number of aryl methyl sites for hydroxylation is 1. The topological polar surface area (TPSA) is 46.5 Å². The van der Waals surface area contributed by atoms with Gasteiger partial charge < -0.3 is 9.84 Å². The summed E-state index contributed by atoms with van der Waals surface area (Å²) in [7, 11) is 0. The van der Waals surface area contributed by atoms with Crippen LogP contribution in [0.5, 0.6) is 5.75 Å². The molecule has 0 atom stereocenters. The number of rotatable bonds is 6. The van der Waals surface area contributed by atoms with Crippen molar-refractivity contribution in [2.24, 2.45) is 0 Å². The van der Waals surface area contributed by atoms with Gasteiger partial charge in [-0.3, -0.25) is 0 Å². The number of alkyl halides is 3. The number of benzene rings is 1. The maximum absolute atomic E-state index is 12.0. The average Bonchev–Trinajstić information content (AvgIpc) is 2.26. The molecule has 0 unspecified atom stereocenters. The van der Waals surface area contributed by atoms with E-state index in [-0.39, 0.29) is 11.3 Å². The van der Waals surface area contributed by atoms with Crippen molar-refractivity contribution in [2.75, 3.05) is 5.88 Å². The molecule has 94 valence electrons. The SMILES string of the molecule is O=C(O)c1cc(OC(F)F)ccc1CCCCl. The fourth-order valence-electron chi connectivity index (χ4n) is 1.41. The molecule has 6 heteroatoms. The Morgan fingerprint density at radius 2 is 2.18 bits per heavy atom. The third kappa shape index (κ3) is 4.19. The molecule has 1 N–H and O–H groups in total. The summed E-state index contributed by atoms with van der Waals surface area (Å²) in [5.74, 6) is -0.921. The van der Waals surface area contributed by atoms with Crippen LogP contribution >= 0.6 is 11.6 Å². The van der Waals surface area contributed by atoms with E-state index in [2.05, 4.69) is 4.74 Å². The minimum absolute atomic E-state index is 0.0340. The van der Waals surface area contributed by atoms with Crippen LogP contribution in [0.1, 0.15) is 22.3 Å². The van der Waals surface area contributed by atoms with Gasteiger partial charge in [-0.2, -0.15) is 8.78 Å². The molecule has 0 heterocycles. The summed E-state index contributed by atoms with van der Waals surface area (Å²) in [5, 5.41) is 8.95. The number of hydrogen-bond acceptors (Lipinski definition) is 2. The van der Waals surface area contributed by atoms with Crippen LogP contribution in [0.4, 0.5) is 8.78 Å². The van der Waals surface area contributed by atoms with E-state index in [1.807, 2.05) is 0 Å². The van der Waals surface area contributed by atoms with E-state index in [4.69, 9.17) is 16.7 Å². The van der Waals surface area contributed by atoms with E-state index in [1.165, 1.54) is 12.1 Å². The molecule has 0 spiro atoms. The number of hydrogen-bond donors (Lipinski definition) is 1. The first-order valence-corrected chi connectivity index (χ1v) is 5.45. The molecule has 0 aromatic heterocycles. The Balaban J connectivity index is 2.95. The highest BCUT2D eigenvalue weighted by Crippen LogP contribution is 2.21.